The Bertz CT molecular complexity index is 243. The monoisotopic (exact) mass is 190 g/mol. The lowest BCUT2D eigenvalue weighted by molar-refractivity contribution is -0.0750. The van der Waals surface area contributed by atoms with Crippen LogP contribution in [0.5, 0.6) is 0 Å². The van der Waals surface area contributed by atoms with E-state index >= 15 is 0 Å². The van der Waals surface area contributed by atoms with E-state index in [4.69, 9.17) is 0 Å². The zero-order valence-electron chi connectivity index (χ0n) is 9.45. The van der Waals surface area contributed by atoms with Crippen molar-refractivity contribution >= 4 is 0 Å². The second-order valence-electron chi connectivity index (χ2n) is 6.69. The fourth-order valence-corrected chi connectivity index (χ4v) is 6.24. The highest BCUT2D eigenvalue weighted by Gasteiger charge is 2.66. The van der Waals surface area contributed by atoms with Gasteiger partial charge < -0.3 is 0 Å². The van der Waals surface area contributed by atoms with Crippen LogP contribution >= 0.6 is 0 Å². The molecular weight excluding hydrogens is 168 g/mol. The summed E-state index contributed by atoms with van der Waals surface area (Å²) in [6, 6.07) is 0. The molecule has 0 amide bonds. The topological polar surface area (TPSA) is 0 Å². The molecule has 0 aliphatic heterocycles. The highest BCUT2D eigenvalue weighted by molar-refractivity contribution is 5.14. The van der Waals surface area contributed by atoms with Crippen molar-refractivity contribution in [3.8, 4) is 0 Å². The van der Waals surface area contributed by atoms with Crippen molar-refractivity contribution in [2.24, 2.45) is 47.3 Å². The third-order valence-electron chi connectivity index (χ3n) is 6.75. The quantitative estimate of drug-likeness (QED) is 0.548. The summed E-state index contributed by atoms with van der Waals surface area (Å²) in [5, 5.41) is 0. The molecule has 0 heteroatoms. The minimum absolute atomic E-state index is 1.07. The minimum Gasteiger partial charge on any atom is -0.0620 e. The number of hydrogen-bond acceptors (Lipinski definition) is 0. The third-order valence-corrected chi connectivity index (χ3v) is 6.75. The van der Waals surface area contributed by atoms with Gasteiger partial charge in [-0.05, 0) is 66.6 Å². The summed E-state index contributed by atoms with van der Waals surface area (Å²) in [4.78, 5) is 0. The molecule has 8 atom stereocenters. The maximum Gasteiger partial charge on any atom is -0.0321 e. The van der Waals surface area contributed by atoms with Gasteiger partial charge in [0.2, 0.25) is 0 Å². The first-order valence-corrected chi connectivity index (χ1v) is 6.79. The molecule has 0 aromatic heterocycles. The Kier molecular flexibility index (Phi) is 1.40. The molecule has 4 fully saturated rings. The smallest absolute Gasteiger partial charge is 0.0321 e. The van der Waals surface area contributed by atoms with Gasteiger partial charge in [0.05, 0.1) is 0 Å². The Morgan fingerprint density at radius 2 is 1.21 bits per heavy atom. The molecule has 0 nitrogen and oxygen atoms in total. The van der Waals surface area contributed by atoms with Crippen molar-refractivity contribution < 1.29 is 0 Å². The number of fused-ring (bicyclic) bond motifs is 8. The molecule has 0 aromatic carbocycles. The Morgan fingerprint density at radius 3 is 1.71 bits per heavy atom. The van der Waals surface area contributed by atoms with Gasteiger partial charge >= 0.3 is 0 Å². The van der Waals surface area contributed by atoms with E-state index in [1.165, 1.54) is 35.5 Å². The second-order valence-corrected chi connectivity index (χ2v) is 6.69. The Labute approximate surface area is 87.5 Å². The molecule has 14 heavy (non-hydrogen) atoms. The van der Waals surface area contributed by atoms with Gasteiger partial charge in [0.25, 0.3) is 0 Å². The molecule has 0 N–H and O–H groups in total. The van der Waals surface area contributed by atoms with Crippen LogP contribution in [0.1, 0.15) is 39.5 Å². The van der Waals surface area contributed by atoms with Crippen LogP contribution in [-0.4, -0.2) is 0 Å². The van der Waals surface area contributed by atoms with Gasteiger partial charge in [0.1, 0.15) is 0 Å². The van der Waals surface area contributed by atoms with Crippen molar-refractivity contribution in [1.82, 2.24) is 0 Å². The predicted octanol–water partition coefficient (Wildman–Crippen LogP) is 3.57. The summed E-state index contributed by atoms with van der Waals surface area (Å²) in [5.41, 5.74) is 0. The van der Waals surface area contributed by atoms with Gasteiger partial charge in [-0.15, -0.1) is 0 Å². The van der Waals surface area contributed by atoms with Crippen LogP contribution in [0.2, 0.25) is 0 Å². The lowest BCUT2D eigenvalue weighted by Gasteiger charge is -2.55. The number of rotatable bonds is 0. The van der Waals surface area contributed by atoms with Crippen molar-refractivity contribution in [1.29, 1.82) is 0 Å². The van der Waals surface area contributed by atoms with Crippen molar-refractivity contribution in [2.45, 2.75) is 39.5 Å². The van der Waals surface area contributed by atoms with Crippen LogP contribution in [0.4, 0.5) is 0 Å². The average Bonchev–Trinajstić information content (AvgIpc) is 2.85. The van der Waals surface area contributed by atoms with Gasteiger partial charge in [-0.25, -0.2) is 0 Å². The SMILES string of the molecule is C[C@@H]1[C@H](C)[C@H]2[C@H]3C[C@H]([C@H]4CCC[C@H]43)[C@@H]12. The maximum absolute atomic E-state index is 2.52. The molecule has 0 aromatic rings. The van der Waals surface area contributed by atoms with Crippen LogP contribution < -0.4 is 0 Å². The van der Waals surface area contributed by atoms with Crippen LogP contribution in [0.25, 0.3) is 0 Å². The van der Waals surface area contributed by atoms with E-state index in [1.54, 1.807) is 25.7 Å². The van der Waals surface area contributed by atoms with Crippen molar-refractivity contribution in [3.63, 3.8) is 0 Å². The summed E-state index contributed by atoms with van der Waals surface area (Å²) in [7, 11) is 0. The summed E-state index contributed by atoms with van der Waals surface area (Å²) in [6.07, 6.45) is 6.39. The molecule has 0 heterocycles. The normalized spacial score (nSPS) is 69.0. The van der Waals surface area contributed by atoms with E-state index in [2.05, 4.69) is 13.8 Å². The molecule has 0 spiro atoms. The zero-order chi connectivity index (χ0) is 9.45. The standard InChI is InChI=1S/C14H22/c1-7-8(2)14-12-6-11(13(7)14)9-4-3-5-10(9)12/h7-14H,3-6H2,1-2H3/t7-,8+,9+,10-,11-,12+,13-,14+. The van der Waals surface area contributed by atoms with E-state index < -0.39 is 0 Å². The molecular formula is C14H22. The molecule has 4 aliphatic rings. The average molecular weight is 190 g/mol. The first kappa shape index (κ1) is 8.19. The fourth-order valence-electron chi connectivity index (χ4n) is 6.24. The van der Waals surface area contributed by atoms with Gasteiger partial charge in [-0.3, -0.25) is 0 Å². The van der Waals surface area contributed by atoms with Gasteiger partial charge in [-0.1, -0.05) is 20.3 Å². The first-order valence-electron chi connectivity index (χ1n) is 6.79. The van der Waals surface area contributed by atoms with Crippen LogP contribution in [0.15, 0.2) is 0 Å². The largest absolute Gasteiger partial charge is 0.0620 e. The van der Waals surface area contributed by atoms with Gasteiger partial charge in [0, 0.05) is 0 Å². The summed E-state index contributed by atoms with van der Waals surface area (Å²) in [6.45, 7) is 5.05. The molecule has 0 unspecified atom stereocenters. The lowest BCUT2D eigenvalue weighted by Crippen LogP contribution is -2.50. The van der Waals surface area contributed by atoms with Gasteiger partial charge in [-0.2, -0.15) is 0 Å². The molecule has 2 bridgehead atoms. The Balaban J connectivity index is 1.70. The highest BCUT2D eigenvalue weighted by atomic mass is 14.7. The van der Waals surface area contributed by atoms with E-state index in [-0.39, 0.29) is 0 Å². The van der Waals surface area contributed by atoms with E-state index in [0.29, 0.717) is 0 Å². The van der Waals surface area contributed by atoms with Gasteiger partial charge in [0.15, 0.2) is 0 Å². The fraction of sp³-hybridized carbons (Fsp3) is 1.00. The van der Waals surface area contributed by atoms with Crippen LogP contribution in [0, 0.1) is 47.3 Å². The molecule has 4 saturated carbocycles. The van der Waals surface area contributed by atoms with E-state index in [0.717, 1.165) is 11.8 Å². The summed E-state index contributed by atoms with van der Waals surface area (Å²) < 4.78 is 0. The third kappa shape index (κ3) is 0.686. The molecule has 4 aliphatic carbocycles. The molecule has 0 radical (unpaired) electrons. The van der Waals surface area contributed by atoms with Crippen LogP contribution in [0.3, 0.4) is 0 Å². The van der Waals surface area contributed by atoms with Crippen molar-refractivity contribution in [3.05, 3.63) is 0 Å². The Hall–Kier alpha value is 0. The predicted molar refractivity (Wildman–Crippen MR) is 57.7 cm³/mol. The minimum atomic E-state index is 1.07. The van der Waals surface area contributed by atoms with Crippen LogP contribution in [-0.2, 0) is 0 Å². The summed E-state index contributed by atoms with van der Waals surface area (Å²) >= 11 is 0. The van der Waals surface area contributed by atoms with E-state index in [1.807, 2.05) is 0 Å². The lowest BCUT2D eigenvalue weighted by atomic mass is 9.50. The zero-order valence-corrected chi connectivity index (χ0v) is 9.45. The maximum atomic E-state index is 2.52. The molecule has 0 saturated heterocycles. The molecule has 78 valence electrons. The highest BCUT2D eigenvalue weighted by Crippen LogP contribution is 2.72. The summed E-state index contributed by atoms with van der Waals surface area (Å²) in [5.74, 6) is 9.23. The first-order chi connectivity index (χ1) is 6.79. The Morgan fingerprint density at radius 1 is 0.714 bits per heavy atom. The van der Waals surface area contributed by atoms with Crippen molar-refractivity contribution in [2.75, 3.05) is 0 Å². The second kappa shape index (κ2) is 2.39. The number of hydrogen-bond donors (Lipinski definition) is 0. The molecule has 4 rings (SSSR count). The van der Waals surface area contributed by atoms with E-state index in [9.17, 15) is 0 Å².